The van der Waals surface area contributed by atoms with Crippen molar-refractivity contribution in [2.45, 2.75) is 13.5 Å². The third-order valence-corrected chi connectivity index (χ3v) is 2.94. The van der Waals surface area contributed by atoms with Gasteiger partial charge in [0, 0.05) is 17.0 Å². The summed E-state index contributed by atoms with van der Waals surface area (Å²) in [6.07, 6.45) is 1.89. The molecular weight excluding hydrogens is 256 g/mol. The molecule has 0 N–H and O–H groups in total. The Labute approximate surface area is 97.2 Å². The molecule has 0 bridgehead atoms. The molecule has 0 aliphatic heterocycles. The summed E-state index contributed by atoms with van der Waals surface area (Å²) in [4.78, 5) is 0. The van der Waals surface area contributed by atoms with Crippen molar-refractivity contribution in [2.24, 2.45) is 0 Å². The van der Waals surface area contributed by atoms with Gasteiger partial charge in [0.05, 0.1) is 24.9 Å². The molecule has 0 spiro atoms. The zero-order chi connectivity index (χ0) is 10.8. The van der Waals surface area contributed by atoms with Crippen molar-refractivity contribution < 1.29 is 4.74 Å². The van der Waals surface area contributed by atoms with Crippen LogP contribution < -0.4 is 0 Å². The van der Waals surface area contributed by atoms with Gasteiger partial charge in [-0.2, -0.15) is 5.10 Å². The molecule has 0 amide bonds. The van der Waals surface area contributed by atoms with Crippen molar-refractivity contribution in [3.05, 3.63) is 28.4 Å². The van der Waals surface area contributed by atoms with Crippen LogP contribution in [0.2, 0.25) is 0 Å². The first-order chi connectivity index (χ1) is 7.22. The molecule has 0 atom stereocenters. The Kier molecular flexibility index (Phi) is 3.07. The quantitative estimate of drug-likeness (QED) is 0.856. The lowest BCUT2D eigenvalue weighted by molar-refractivity contribution is 0.185. The molecule has 0 saturated heterocycles. The zero-order valence-corrected chi connectivity index (χ0v) is 10.4. The second-order valence-electron chi connectivity index (χ2n) is 3.55. The topological polar surface area (TPSA) is 27.1 Å². The smallest absolute Gasteiger partial charge is 0.0825 e. The number of methoxy groups -OCH3 is 1. The summed E-state index contributed by atoms with van der Waals surface area (Å²) < 4.78 is 8.10. The molecule has 4 heteroatoms. The van der Waals surface area contributed by atoms with Crippen LogP contribution in [-0.2, 0) is 11.3 Å². The van der Waals surface area contributed by atoms with E-state index in [4.69, 9.17) is 4.74 Å². The normalized spacial score (nSPS) is 11.1. The van der Waals surface area contributed by atoms with E-state index < -0.39 is 0 Å². The summed E-state index contributed by atoms with van der Waals surface area (Å²) in [5.41, 5.74) is 2.37. The van der Waals surface area contributed by atoms with Crippen LogP contribution in [0.4, 0.5) is 0 Å². The fraction of sp³-hybridized carbons (Fsp3) is 0.364. The minimum atomic E-state index is 0.678. The minimum Gasteiger partial charge on any atom is -0.383 e. The number of hydrogen-bond acceptors (Lipinski definition) is 2. The predicted molar refractivity (Wildman–Crippen MR) is 64.0 cm³/mol. The van der Waals surface area contributed by atoms with Crippen molar-refractivity contribution >= 4 is 26.8 Å². The number of benzene rings is 1. The summed E-state index contributed by atoms with van der Waals surface area (Å²) in [7, 11) is 1.70. The van der Waals surface area contributed by atoms with E-state index >= 15 is 0 Å². The maximum Gasteiger partial charge on any atom is 0.0825 e. The van der Waals surface area contributed by atoms with E-state index in [0.29, 0.717) is 6.61 Å². The van der Waals surface area contributed by atoms with Crippen LogP contribution in [-0.4, -0.2) is 23.5 Å². The van der Waals surface area contributed by atoms with Gasteiger partial charge in [0.25, 0.3) is 0 Å². The maximum absolute atomic E-state index is 5.05. The third kappa shape index (κ3) is 2.06. The Hall–Kier alpha value is -0.870. The highest BCUT2D eigenvalue weighted by molar-refractivity contribution is 9.10. The molecule has 3 nitrogen and oxygen atoms in total. The van der Waals surface area contributed by atoms with Gasteiger partial charge in [0.1, 0.15) is 0 Å². The van der Waals surface area contributed by atoms with Crippen LogP contribution in [0, 0.1) is 6.92 Å². The molecule has 2 rings (SSSR count). The molecule has 0 aliphatic rings. The highest BCUT2D eigenvalue weighted by Gasteiger charge is 2.06. The minimum absolute atomic E-state index is 0.678. The van der Waals surface area contributed by atoms with Crippen molar-refractivity contribution in [1.29, 1.82) is 0 Å². The molecule has 1 aromatic heterocycles. The molecule has 0 fully saturated rings. The van der Waals surface area contributed by atoms with Gasteiger partial charge in [0.2, 0.25) is 0 Å². The number of aryl methyl sites for hydroxylation is 1. The van der Waals surface area contributed by atoms with E-state index in [-0.39, 0.29) is 0 Å². The first-order valence-electron chi connectivity index (χ1n) is 4.83. The van der Waals surface area contributed by atoms with Crippen LogP contribution in [0.5, 0.6) is 0 Å². The van der Waals surface area contributed by atoms with E-state index in [1.807, 2.05) is 10.9 Å². The second kappa shape index (κ2) is 4.33. The van der Waals surface area contributed by atoms with E-state index in [1.54, 1.807) is 7.11 Å². The summed E-state index contributed by atoms with van der Waals surface area (Å²) in [5, 5.41) is 5.51. The summed E-state index contributed by atoms with van der Waals surface area (Å²) in [6, 6.07) is 4.24. The van der Waals surface area contributed by atoms with Crippen LogP contribution in [0.25, 0.3) is 10.9 Å². The Bertz CT molecular complexity index is 479. The second-order valence-corrected chi connectivity index (χ2v) is 4.40. The zero-order valence-electron chi connectivity index (χ0n) is 8.83. The van der Waals surface area contributed by atoms with Crippen molar-refractivity contribution in [1.82, 2.24) is 9.78 Å². The summed E-state index contributed by atoms with van der Waals surface area (Å²) >= 11 is 3.57. The molecule has 0 saturated carbocycles. The highest BCUT2D eigenvalue weighted by Crippen LogP contribution is 2.25. The number of fused-ring (bicyclic) bond motifs is 1. The van der Waals surface area contributed by atoms with Gasteiger partial charge >= 0.3 is 0 Å². The number of nitrogens with zero attached hydrogens (tertiary/aromatic N) is 2. The Balaban J connectivity index is 2.49. The van der Waals surface area contributed by atoms with Gasteiger partial charge < -0.3 is 4.74 Å². The van der Waals surface area contributed by atoms with Gasteiger partial charge in [-0.05, 0) is 40.5 Å². The summed E-state index contributed by atoms with van der Waals surface area (Å²) in [6.45, 7) is 3.54. The molecule has 0 radical (unpaired) electrons. The molecule has 1 aromatic carbocycles. The number of aromatic nitrogens is 2. The fourth-order valence-corrected chi connectivity index (χ4v) is 2.46. The molecule has 2 aromatic rings. The lowest BCUT2D eigenvalue weighted by atomic mass is 10.2. The molecule has 15 heavy (non-hydrogen) atoms. The average molecular weight is 269 g/mol. The SMILES string of the molecule is COCCn1ncc2cc(C)cc(Br)c21. The van der Waals surface area contributed by atoms with E-state index in [1.165, 1.54) is 5.56 Å². The fourth-order valence-electron chi connectivity index (χ4n) is 1.67. The highest BCUT2D eigenvalue weighted by atomic mass is 79.9. The van der Waals surface area contributed by atoms with Crippen molar-refractivity contribution in [3.8, 4) is 0 Å². The molecule has 80 valence electrons. The van der Waals surface area contributed by atoms with Crippen LogP contribution in [0.1, 0.15) is 5.56 Å². The van der Waals surface area contributed by atoms with Crippen molar-refractivity contribution in [3.63, 3.8) is 0 Å². The number of ether oxygens (including phenoxy) is 1. The Morgan fingerprint density at radius 3 is 3.00 bits per heavy atom. The predicted octanol–water partition coefficient (Wildman–Crippen LogP) is 2.75. The monoisotopic (exact) mass is 268 g/mol. The van der Waals surface area contributed by atoms with Crippen molar-refractivity contribution in [2.75, 3.05) is 13.7 Å². The van der Waals surface area contributed by atoms with Crippen LogP contribution in [0.15, 0.2) is 22.8 Å². The largest absolute Gasteiger partial charge is 0.383 e. The van der Waals surface area contributed by atoms with Crippen LogP contribution >= 0.6 is 15.9 Å². The van der Waals surface area contributed by atoms with Crippen LogP contribution in [0.3, 0.4) is 0 Å². The Morgan fingerprint density at radius 2 is 2.27 bits per heavy atom. The molecular formula is C11H13BrN2O. The molecule has 0 aliphatic carbocycles. The van der Waals surface area contributed by atoms with E-state index in [0.717, 1.165) is 21.9 Å². The lowest BCUT2D eigenvalue weighted by Gasteiger charge is -2.04. The van der Waals surface area contributed by atoms with Gasteiger partial charge in [-0.1, -0.05) is 0 Å². The summed E-state index contributed by atoms with van der Waals surface area (Å²) in [5.74, 6) is 0. The number of hydrogen-bond donors (Lipinski definition) is 0. The molecule has 0 unspecified atom stereocenters. The maximum atomic E-state index is 5.05. The van der Waals surface area contributed by atoms with Gasteiger partial charge in [-0.15, -0.1) is 0 Å². The van der Waals surface area contributed by atoms with E-state index in [9.17, 15) is 0 Å². The Morgan fingerprint density at radius 1 is 1.47 bits per heavy atom. The lowest BCUT2D eigenvalue weighted by Crippen LogP contribution is -2.05. The average Bonchev–Trinajstić information content (AvgIpc) is 2.58. The first-order valence-corrected chi connectivity index (χ1v) is 5.62. The molecule has 1 heterocycles. The standard InChI is InChI=1S/C11H13BrN2O/c1-8-5-9-7-13-14(3-4-15-2)11(9)10(12)6-8/h5-7H,3-4H2,1-2H3. The van der Waals surface area contributed by atoms with E-state index in [2.05, 4.69) is 40.1 Å². The van der Waals surface area contributed by atoms with Gasteiger partial charge in [-0.25, -0.2) is 0 Å². The van der Waals surface area contributed by atoms with Gasteiger partial charge in [-0.3, -0.25) is 4.68 Å². The first kappa shape index (κ1) is 10.6. The van der Waals surface area contributed by atoms with Gasteiger partial charge in [0.15, 0.2) is 0 Å². The third-order valence-electron chi connectivity index (χ3n) is 2.34. The number of halogens is 1. The number of rotatable bonds is 3.